The topological polar surface area (TPSA) is 69.1 Å². The summed E-state index contributed by atoms with van der Waals surface area (Å²) in [5.41, 5.74) is 10.0. The Morgan fingerprint density at radius 2 is 1.75 bits per heavy atom. The molecule has 0 aliphatic carbocycles. The van der Waals surface area contributed by atoms with Crippen LogP contribution >= 0.6 is 0 Å². The van der Waals surface area contributed by atoms with Crippen LogP contribution in [0.4, 0.5) is 0 Å². The summed E-state index contributed by atoms with van der Waals surface area (Å²) in [7, 11) is 0. The van der Waals surface area contributed by atoms with Gasteiger partial charge in [0.05, 0.1) is 5.41 Å². The molecule has 0 saturated heterocycles. The van der Waals surface area contributed by atoms with E-state index in [9.17, 15) is 4.79 Å². The predicted octanol–water partition coefficient (Wildman–Crippen LogP) is 0.569. The van der Waals surface area contributed by atoms with Gasteiger partial charge >= 0.3 is 0 Å². The molecular weight excluding hydrogens is 152 g/mol. The first-order valence-corrected chi connectivity index (χ1v) is 3.84. The summed E-state index contributed by atoms with van der Waals surface area (Å²) < 4.78 is 0. The van der Waals surface area contributed by atoms with Crippen molar-refractivity contribution in [2.24, 2.45) is 16.9 Å². The number of rotatable bonds is 6. The summed E-state index contributed by atoms with van der Waals surface area (Å²) in [5, 5.41) is 0. The molecule has 68 valence electrons. The molecule has 0 aliphatic heterocycles. The molecule has 4 N–H and O–H groups in total. The molecule has 0 bridgehead atoms. The van der Waals surface area contributed by atoms with Crippen LogP contribution in [0.1, 0.15) is 12.8 Å². The lowest BCUT2D eigenvalue weighted by Gasteiger charge is -2.26. The quantitative estimate of drug-likeness (QED) is 0.569. The zero-order valence-electron chi connectivity index (χ0n) is 7.25. The van der Waals surface area contributed by atoms with Crippen molar-refractivity contribution in [1.82, 2.24) is 0 Å². The fourth-order valence-corrected chi connectivity index (χ4v) is 1.10. The van der Waals surface area contributed by atoms with Crippen molar-refractivity contribution in [2.45, 2.75) is 12.8 Å². The van der Waals surface area contributed by atoms with Gasteiger partial charge in [-0.15, -0.1) is 13.2 Å². The van der Waals surface area contributed by atoms with Crippen LogP contribution in [0.5, 0.6) is 0 Å². The number of allylic oxidation sites excluding steroid dienone is 2. The van der Waals surface area contributed by atoms with E-state index < -0.39 is 5.41 Å². The van der Waals surface area contributed by atoms with Crippen LogP contribution in [0.25, 0.3) is 0 Å². The lowest BCUT2D eigenvalue weighted by molar-refractivity contribution is -0.126. The van der Waals surface area contributed by atoms with Crippen LogP contribution in [0.3, 0.4) is 0 Å². The Labute approximate surface area is 73.1 Å². The molecule has 0 aromatic rings. The van der Waals surface area contributed by atoms with Gasteiger partial charge in [0.2, 0.25) is 5.91 Å². The standard InChI is InChI=1S/C9H16N2O/c1-3-5-9(7-10,6-4-2)8(11)12/h3-4H,1-2,5-7,10H2,(H2,11,12). The molecule has 0 spiro atoms. The number of carbonyl (C=O) groups excluding carboxylic acids is 1. The molecule has 0 rings (SSSR count). The summed E-state index contributed by atoms with van der Waals surface area (Å²) in [6.45, 7) is 7.36. The minimum absolute atomic E-state index is 0.236. The molecular formula is C9H16N2O. The van der Waals surface area contributed by atoms with Crippen molar-refractivity contribution in [1.29, 1.82) is 0 Å². The first kappa shape index (κ1) is 10.9. The van der Waals surface area contributed by atoms with E-state index >= 15 is 0 Å². The van der Waals surface area contributed by atoms with Crippen LogP contribution in [-0.4, -0.2) is 12.5 Å². The molecule has 0 heterocycles. The molecule has 0 atom stereocenters. The Hall–Kier alpha value is -1.09. The highest BCUT2D eigenvalue weighted by Gasteiger charge is 2.32. The van der Waals surface area contributed by atoms with Crippen molar-refractivity contribution in [2.75, 3.05) is 6.54 Å². The van der Waals surface area contributed by atoms with Crippen molar-refractivity contribution in [3.8, 4) is 0 Å². The van der Waals surface area contributed by atoms with Crippen LogP contribution in [0, 0.1) is 5.41 Å². The minimum atomic E-state index is -0.677. The molecule has 0 aliphatic rings. The highest BCUT2D eigenvalue weighted by atomic mass is 16.1. The number of amides is 1. The van der Waals surface area contributed by atoms with Gasteiger partial charge in [-0.2, -0.15) is 0 Å². The van der Waals surface area contributed by atoms with E-state index in [2.05, 4.69) is 13.2 Å². The van der Waals surface area contributed by atoms with Crippen molar-refractivity contribution in [3.05, 3.63) is 25.3 Å². The second-order valence-electron chi connectivity index (χ2n) is 2.83. The van der Waals surface area contributed by atoms with Gasteiger partial charge in [-0.05, 0) is 12.8 Å². The molecule has 0 radical (unpaired) electrons. The number of carbonyl (C=O) groups is 1. The molecule has 0 aromatic heterocycles. The van der Waals surface area contributed by atoms with Gasteiger partial charge in [-0.25, -0.2) is 0 Å². The van der Waals surface area contributed by atoms with E-state index in [0.29, 0.717) is 12.8 Å². The van der Waals surface area contributed by atoms with E-state index in [1.165, 1.54) is 0 Å². The maximum absolute atomic E-state index is 11.1. The van der Waals surface area contributed by atoms with Gasteiger partial charge in [0.15, 0.2) is 0 Å². The van der Waals surface area contributed by atoms with E-state index in [1.807, 2.05) is 0 Å². The third-order valence-electron chi connectivity index (χ3n) is 1.98. The SMILES string of the molecule is C=CCC(CN)(CC=C)C(N)=O. The van der Waals surface area contributed by atoms with Crippen molar-refractivity contribution < 1.29 is 4.79 Å². The number of hydrogen-bond acceptors (Lipinski definition) is 2. The minimum Gasteiger partial charge on any atom is -0.369 e. The zero-order chi connectivity index (χ0) is 9.61. The number of hydrogen-bond donors (Lipinski definition) is 2. The number of nitrogens with two attached hydrogens (primary N) is 2. The molecule has 0 fully saturated rings. The molecule has 0 aromatic carbocycles. The third-order valence-corrected chi connectivity index (χ3v) is 1.98. The molecule has 3 heteroatoms. The van der Waals surface area contributed by atoms with Gasteiger partial charge in [0.1, 0.15) is 0 Å². The van der Waals surface area contributed by atoms with E-state index in [0.717, 1.165) is 0 Å². The van der Waals surface area contributed by atoms with Gasteiger partial charge in [-0.1, -0.05) is 12.2 Å². The summed E-state index contributed by atoms with van der Waals surface area (Å²) >= 11 is 0. The zero-order valence-corrected chi connectivity index (χ0v) is 7.25. The Morgan fingerprint density at radius 3 is 1.92 bits per heavy atom. The average molecular weight is 168 g/mol. The van der Waals surface area contributed by atoms with E-state index in [1.54, 1.807) is 12.2 Å². The Kier molecular flexibility index (Phi) is 4.29. The van der Waals surface area contributed by atoms with Gasteiger partial charge in [0.25, 0.3) is 0 Å². The monoisotopic (exact) mass is 168 g/mol. The highest BCUT2D eigenvalue weighted by molar-refractivity contribution is 5.81. The third kappa shape index (κ3) is 2.20. The Bertz CT molecular complexity index is 177. The van der Waals surface area contributed by atoms with Gasteiger partial charge < -0.3 is 11.5 Å². The maximum Gasteiger partial charge on any atom is 0.225 e. The maximum atomic E-state index is 11.1. The summed E-state index contributed by atoms with van der Waals surface area (Å²) in [6, 6.07) is 0. The first-order valence-electron chi connectivity index (χ1n) is 3.84. The fourth-order valence-electron chi connectivity index (χ4n) is 1.10. The van der Waals surface area contributed by atoms with E-state index in [-0.39, 0.29) is 12.5 Å². The number of primary amides is 1. The van der Waals surface area contributed by atoms with Gasteiger partial charge in [0, 0.05) is 6.54 Å². The van der Waals surface area contributed by atoms with Crippen LogP contribution < -0.4 is 11.5 Å². The predicted molar refractivity (Wildman–Crippen MR) is 50.3 cm³/mol. The second kappa shape index (κ2) is 4.72. The van der Waals surface area contributed by atoms with Crippen molar-refractivity contribution >= 4 is 5.91 Å². The molecule has 3 nitrogen and oxygen atoms in total. The van der Waals surface area contributed by atoms with Gasteiger partial charge in [-0.3, -0.25) is 4.79 Å². The molecule has 1 amide bonds. The molecule has 0 saturated carbocycles. The second-order valence-corrected chi connectivity index (χ2v) is 2.83. The van der Waals surface area contributed by atoms with E-state index in [4.69, 9.17) is 11.5 Å². The summed E-state index contributed by atoms with van der Waals surface area (Å²) in [6.07, 6.45) is 4.32. The molecule has 0 unspecified atom stereocenters. The Morgan fingerprint density at radius 1 is 1.33 bits per heavy atom. The lowest BCUT2D eigenvalue weighted by atomic mass is 9.80. The Balaban J connectivity index is 4.60. The first-order chi connectivity index (χ1) is 5.63. The molecule has 12 heavy (non-hydrogen) atoms. The fraction of sp³-hybridized carbons (Fsp3) is 0.444. The van der Waals surface area contributed by atoms with Crippen LogP contribution in [-0.2, 0) is 4.79 Å². The van der Waals surface area contributed by atoms with Crippen LogP contribution in [0.2, 0.25) is 0 Å². The lowest BCUT2D eigenvalue weighted by Crippen LogP contribution is -2.42. The highest BCUT2D eigenvalue weighted by Crippen LogP contribution is 2.25. The normalized spacial score (nSPS) is 10.8. The summed E-state index contributed by atoms with van der Waals surface area (Å²) in [4.78, 5) is 11.1. The van der Waals surface area contributed by atoms with Crippen molar-refractivity contribution in [3.63, 3.8) is 0 Å². The van der Waals surface area contributed by atoms with Crippen LogP contribution in [0.15, 0.2) is 25.3 Å². The smallest absolute Gasteiger partial charge is 0.225 e. The largest absolute Gasteiger partial charge is 0.369 e. The average Bonchev–Trinajstić information content (AvgIpc) is 2.03. The summed E-state index contributed by atoms with van der Waals surface area (Å²) in [5.74, 6) is -0.384.